The number of halogens is 1. The van der Waals surface area contributed by atoms with Crippen molar-refractivity contribution in [3.05, 3.63) is 23.9 Å². The molecule has 1 saturated heterocycles. The van der Waals surface area contributed by atoms with E-state index in [-0.39, 0.29) is 0 Å². The Morgan fingerprint density at radius 1 is 1.47 bits per heavy atom. The molecule has 0 amide bonds. The molecule has 0 spiro atoms. The molecule has 0 unspecified atom stereocenters. The number of alkyl halides is 1. The van der Waals surface area contributed by atoms with E-state index in [1.54, 1.807) is 0 Å². The normalized spacial score (nSPS) is 19.5. The predicted octanol–water partition coefficient (Wildman–Crippen LogP) is 3.06. The van der Waals surface area contributed by atoms with Gasteiger partial charge in [0.05, 0.1) is 11.6 Å². The standard InChI is InChI=1S/C12H17ClN2/c1-12(2)6-7-15(9-12)11-5-3-4-10(8-13)14-11/h3-5H,6-9H2,1-2H3. The van der Waals surface area contributed by atoms with Gasteiger partial charge in [-0.15, -0.1) is 11.6 Å². The van der Waals surface area contributed by atoms with Crippen LogP contribution < -0.4 is 4.90 Å². The maximum Gasteiger partial charge on any atom is 0.128 e. The van der Waals surface area contributed by atoms with Crippen LogP contribution in [0.15, 0.2) is 18.2 Å². The second-order valence-electron chi connectivity index (χ2n) is 4.96. The van der Waals surface area contributed by atoms with Crippen molar-refractivity contribution in [2.45, 2.75) is 26.1 Å². The van der Waals surface area contributed by atoms with E-state index < -0.39 is 0 Å². The molecule has 2 nitrogen and oxygen atoms in total. The molecule has 1 aliphatic heterocycles. The Labute approximate surface area is 96.3 Å². The van der Waals surface area contributed by atoms with E-state index in [0.717, 1.165) is 24.6 Å². The molecule has 15 heavy (non-hydrogen) atoms. The number of rotatable bonds is 2. The van der Waals surface area contributed by atoms with Crippen molar-refractivity contribution in [3.63, 3.8) is 0 Å². The Balaban J connectivity index is 2.16. The van der Waals surface area contributed by atoms with Crippen LogP contribution in [-0.4, -0.2) is 18.1 Å². The van der Waals surface area contributed by atoms with Crippen LogP contribution >= 0.6 is 11.6 Å². The van der Waals surface area contributed by atoms with E-state index in [4.69, 9.17) is 11.6 Å². The van der Waals surface area contributed by atoms with Gasteiger partial charge < -0.3 is 4.90 Å². The van der Waals surface area contributed by atoms with Gasteiger partial charge in [-0.2, -0.15) is 0 Å². The molecule has 1 aliphatic rings. The molecule has 2 heterocycles. The fourth-order valence-electron chi connectivity index (χ4n) is 2.03. The van der Waals surface area contributed by atoms with Crippen molar-refractivity contribution in [3.8, 4) is 0 Å². The summed E-state index contributed by atoms with van der Waals surface area (Å²) in [6.45, 7) is 6.80. The summed E-state index contributed by atoms with van der Waals surface area (Å²) in [4.78, 5) is 6.88. The lowest BCUT2D eigenvalue weighted by molar-refractivity contribution is 0.418. The van der Waals surface area contributed by atoms with Crippen LogP contribution in [0.5, 0.6) is 0 Å². The van der Waals surface area contributed by atoms with E-state index in [2.05, 4.69) is 29.8 Å². The lowest BCUT2D eigenvalue weighted by Crippen LogP contribution is -2.23. The van der Waals surface area contributed by atoms with Crippen LogP contribution in [0.2, 0.25) is 0 Å². The third kappa shape index (κ3) is 2.43. The Morgan fingerprint density at radius 2 is 2.27 bits per heavy atom. The van der Waals surface area contributed by atoms with Gasteiger partial charge in [0.2, 0.25) is 0 Å². The topological polar surface area (TPSA) is 16.1 Å². The summed E-state index contributed by atoms with van der Waals surface area (Å²) in [7, 11) is 0. The van der Waals surface area contributed by atoms with Crippen LogP contribution in [-0.2, 0) is 5.88 Å². The molecule has 3 heteroatoms. The highest BCUT2D eigenvalue weighted by Gasteiger charge is 2.29. The van der Waals surface area contributed by atoms with Gasteiger partial charge in [-0.3, -0.25) is 0 Å². The van der Waals surface area contributed by atoms with Gasteiger partial charge in [0.25, 0.3) is 0 Å². The van der Waals surface area contributed by atoms with Crippen molar-refractivity contribution in [1.82, 2.24) is 4.98 Å². The predicted molar refractivity (Wildman–Crippen MR) is 64.4 cm³/mol. The highest BCUT2D eigenvalue weighted by atomic mass is 35.5. The molecule has 0 atom stereocenters. The summed E-state index contributed by atoms with van der Waals surface area (Å²) in [5.74, 6) is 1.56. The molecule has 1 aromatic rings. The fraction of sp³-hybridized carbons (Fsp3) is 0.583. The molecule has 2 rings (SSSR count). The zero-order valence-electron chi connectivity index (χ0n) is 9.33. The van der Waals surface area contributed by atoms with E-state index in [0.29, 0.717) is 11.3 Å². The summed E-state index contributed by atoms with van der Waals surface area (Å²) in [6, 6.07) is 6.07. The van der Waals surface area contributed by atoms with Gasteiger partial charge >= 0.3 is 0 Å². The molecular formula is C12H17ClN2. The molecule has 82 valence electrons. The number of aromatic nitrogens is 1. The van der Waals surface area contributed by atoms with Crippen LogP contribution in [0.1, 0.15) is 26.0 Å². The highest BCUT2D eigenvalue weighted by Crippen LogP contribution is 2.31. The maximum absolute atomic E-state index is 5.78. The lowest BCUT2D eigenvalue weighted by Gasteiger charge is -2.20. The number of hydrogen-bond acceptors (Lipinski definition) is 2. The third-order valence-corrected chi connectivity index (χ3v) is 3.20. The van der Waals surface area contributed by atoms with Crippen LogP contribution in [0.4, 0.5) is 5.82 Å². The summed E-state index contributed by atoms with van der Waals surface area (Å²) in [6.07, 6.45) is 1.24. The molecule has 0 saturated carbocycles. The van der Waals surface area contributed by atoms with Gasteiger partial charge in [-0.25, -0.2) is 4.98 Å². The number of hydrogen-bond donors (Lipinski definition) is 0. The Bertz CT molecular complexity index is 349. The largest absolute Gasteiger partial charge is 0.356 e. The summed E-state index contributed by atoms with van der Waals surface area (Å²) in [5.41, 5.74) is 1.37. The molecule has 0 aromatic carbocycles. The first-order valence-corrected chi connectivity index (χ1v) is 5.91. The molecule has 0 N–H and O–H groups in total. The van der Waals surface area contributed by atoms with Crippen LogP contribution in [0.3, 0.4) is 0 Å². The van der Waals surface area contributed by atoms with Crippen molar-refractivity contribution in [2.24, 2.45) is 5.41 Å². The smallest absolute Gasteiger partial charge is 0.128 e. The summed E-state index contributed by atoms with van der Waals surface area (Å²) < 4.78 is 0. The molecule has 0 aliphatic carbocycles. The van der Waals surface area contributed by atoms with Gasteiger partial charge in [-0.05, 0) is 24.0 Å². The van der Waals surface area contributed by atoms with Crippen molar-refractivity contribution >= 4 is 17.4 Å². The minimum atomic E-state index is 0.415. The highest BCUT2D eigenvalue weighted by molar-refractivity contribution is 6.16. The molecular weight excluding hydrogens is 208 g/mol. The average molecular weight is 225 g/mol. The number of nitrogens with zero attached hydrogens (tertiary/aromatic N) is 2. The Hall–Kier alpha value is -0.760. The fourth-order valence-corrected chi connectivity index (χ4v) is 2.17. The van der Waals surface area contributed by atoms with Crippen molar-refractivity contribution in [2.75, 3.05) is 18.0 Å². The number of pyridine rings is 1. The summed E-state index contributed by atoms with van der Waals surface area (Å²) >= 11 is 5.78. The maximum atomic E-state index is 5.78. The Morgan fingerprint density at radius 3 is 2.87 bits per heavy atom. The van der Waals surface area contributed by atoms with Crippen molar-refractivity contribution < 1.29 is 0 Å². The second kappa shape index (κ2) is 4.01. The van der Waals surface area contributed by atoms with Gasteiger partial charge in [0.1, 0.15) is 5.82 Å². The minimum Gasteiger partial charge on any atom is -0.356 e. The molecule has 1 fully saturated rings. The average Bonchev–Trinajstić information content (AvgIpc) is 2.59. The lowest BCUT2D eigenvalue weighted by atomic mass is 9.93. The molecule has 0 radical (unpaired) electrons. The van der Waals surface area contributed by atoms with Gasteiger partial charge in [-0.1, -0.05) is 19.9 Å². The minimum absolute atomic E-state index is 0.415. The quantitative estimate of drug-likeness (QED) is 0.718. The molecule has 1 aromatic heterocycles. The van der Waals surface area contributed by atoms with E-state index in [1.165, 1.54) is 6.42 Å². The van der Waals surface area contributed by atoms with E-state index in [1.807, 2.05) is 12.1 Å². The second-order valence-corrected chi connectivity index (χ2v) is 5.22. The molecule has 0 bridgehead atoms. The first-order valence-electron chi connectivity index (χ1n) is 5.38. The SMILES string of the molecule is CC1(C)CCN(c2cccc(CCl)n2)C1. The van der Waals surface area contributed by atoms with Gasteiger partial charge in [0.15, 0.2) is 0 Å². The zero-order chi connectivity index (χ0) is 10.9. The Kier molecular flexibility index (Phi) is 2.87. The first-order chi connectivity index (χ1) is 7.11. The van der Waals surface area contributed by atoms with Gasteiger partial charge in [0, 0.05) is 13.1 Å². The third-order valence-electron chi connectivity index (χ3n) is 2.93. The monoisotopic (exact) mass is 224 g/mol. The summed E-state index contributed by atoms with van der Waals surface area (Å²) in [5, 5.41) is 0. The van der Waals surface area contributed by atoms with Crippen molar-refractivity contribution in [1.29, 1.82) is 0 Å². The van der Waals surface area contributed by atoms with E-state index in [9.17, 15) is 0 Å². The van der Waals surface area contributed by atoms with Crippen LogP contribution in [0, 0.1) is 5.41 Å². The zero-order valence-corrected chi connectivity index (χ0v) is 10.1. The van der Waals surface area contributed by atoms with Crippen LogP contribution in [0.25, 0.3) is 0 Å². The first kappa shape index (κ1) is 10.7. The van der Waals surface area contributed by atoms with E-state index >= 15 is 0 Å². The number of anilines is 1.